The van der Waals surface area contributed by atoms with Crippen LogP contribution >= 0.6 is 0 Å². The van der Waals surface area contributed by atoms with E-state index in [0.29, 0.717) is 24.8 Å². The van der Waals surface area contributed by atoms with Crippen molar-refractivity contribution < 1.29 is 15.0 Å². The number of carbonyl (C=O) groups excluding carboxylic acids is 1. The Morgan fingerprint density at radius 3 is 2.28 bits per heavy atom. The van der Waals surface area contributed by atoms with Crippen molar-refractivity contribution in [3.63, 3.8) is 0 Å². The first kappa shape index (κ1) is 14.9. The van der Waals surface area contributed by atoms with Gasteiger partial charge in [0.15, 0.2) is 5.78 Å². The Balaban J connectivity index is 2.92. The van der Waals surface area contributed by atoms with Gasteiger partial charge in [0.25, 0.3) is 0 Å². The summed E-state index contributed by atoms with van der Waals surface area (Å²) >= 11 is 0. The van der Waals surface area contributed by atoms with Crippen LogP contribution in [0.15, 0.2) is 36.5 Å². The van der Waals surface area contributed by atoms with E-state index in [2.05, 4.69) is 19.7 Å². The third-order valence-corrected chi connectivity index (χ3v) is 3.62. The van der Waals surface area contributed by atoms with E-state index in [1.165, 1.54) is 0 Å². The fourth-order valence-corrected chi connectivity index (χ4v) is 2.13. The summed E-state index contributed by atoms with van der Waals surface area (Å²) in [6.07, 6.45) is 0.0746. The molecule has 1 aliphatic rings. The summed E-state index contributed by atoms with van der Waals surface area (Å²) in [6.45, 7) is 13.2. The number of ketones is 1. The van der Waals surface area contributed by atoms with E-state index >= 15 is 0 Å². The van der Waals surface area contributed by atoms with Gasteiger partial charge >= 0.3 is 0 Å². The number of hydrogen-bond donors (Lipinski definition) is 2. The molecule has 0 bridgehead atoms. The lowest BCUT2D eigenvalue weighted by Gasteiger charge is -2.26. The van der Waals surface area contributed by atoms with E-state index in [1.54, 1.807) is 0 Å². The van der Waals surface area contributed by atoms with Crippen molar-refractivity contribution in [3.05, 3.63) is 36.5 Å². The molecule has 18 heavy (non-hydrogen) atoms. The molecule has 0 heterocycles. The summed E-state index contributed by atoms with van der Waals surface area (Å²) < 4.78 is 0. The lowest BCUT2D eigenvalue weighted by molar-refractivity contribution is -0.116. The Hall–Kier alpha value is -1.19. The second-order valence-electron chi connectivity index (χ2n) is 5.15. The minimum absolute atomic E-state index is 0.0330. The zero-order chi connectivity index (χ0) is 13.9. The second-order valence-corrected chi connectivity index (χ2v) is 5.15. The van der Waals surface area contributed by atoms with Gasteiger partial charge in [0.2, 0.25) is 0 Å². The lowest BCUT2D eigenvalue weighted by Crippen LogP contribution is -2.26. The number of Topliss-reactive ketones (excluding diaryl/α,β-unsaturated/α-hetero) is 1. The molecular formula is C15H22O3. The molecule has 1 fully saturated rings. The number of rotatable bonds is 1. The van der Waals surface area contributed by atoms with Crippen LogP contribution in [-0.2, 0) is 4.79 Å². The molecule has 3 nitrogen and oxygen atoms in total. The standard InChI is InChI=1S/C15H22O3/c1-9(2)12-7-14(17)10(3)5-6-13(16)11(4)15(18)8-12/h12,14-15,17-18H,1,3-8H2,2H3/t12-,14+,15-/m0/s1. The van der Waals surface area contributed by atoms with Crippen molar-refractivity contribution in [1.29, 1.82) is 0 Å². The highest BCUT2D eigenvalue weighted by molar-refractivity contribution is 5.95. The molecule has 1 rings (SSSR count). The molecule has 0 amide bonds. The number of hydrogen-bond acceptors (Lipinski definition) is 3. The number of carbonyl (C=O) groups is 1. The molecule has 3 heteroatoms. The SMILES string of the molecule is C=C(C)[C@H]1C[C@@H](O)C(=C)CCC(=O)C(=C)[C@@H](O)C1. The first-order chi connectivity index (χ1) is 8.32. The summed E-state index contributed by atoms with van der Waals surface area (Å²) in [4.78, 5) is 11.8. The fraction of sp³-hybridized carbons (Fsp3) is 0.533. The van der Waals surface area contributed by atoms with Crippen LogP contribution in [0.4, 0.5) is 0 Å². The maximum atomic E-state index is 11.8. The number of allylic oxidation sites excluding steroid dienone is 1. The van der Waals surface area contributed by atoms with Gasteiger partial charge in [-0.25, -0.2) is 0 Å². The van der Waals surface area contributed by atoms with Crippen LogP contribution < -0.4 is 0 Å². The van der Waals surface area contributed by atoms with Gasteiger partial charge in [0, 0.05) is 12.0 Å². The first-order valence-corrected chi connectivity index (χ1v) is 6.24. The average molecular weight is 250 g/mol. The minimum atomic E-state index is -0.849. The normalized spacial score (nSPS) is 31.3. The van der Waals surface area contributed by atoms with Crippen molar-refractivity contribution in [2.24, 2.45) is 5.92 Å². The fourth-order valence-electron chi connectivity index (χ4n) is 2.13. The summed E-state index contributed by atoms with van der Waals surface area (Å²) in [6, 6.07) is 0. The summed E-state index contributed by atoms with van der Waals surface area (Å²) in [5.74, 6) is -0.187. The molecule has 0 aromatic carbocycles. The van der Waals surface area contributed by atoms with Crippen LogP contribution in [0.25, 0.3) is 0 Å². The summed E-state index contributed by atoms with van der Waals surface area (Å²) in [5.41, 5.74) is 1.81. The van der Waals surface area contributed by atoms with Crippen molar-refractivity contribution in [3.8, 4) is 0 Å². The second kappa shape index (κ2) is 6.12. The lowest BCUT2D eigenvalue weighted by atomic mass is 9.83. The van der Waals surface area contributed by atoms with Gasteiger partial charge in [0.05, 0.1) is 12.2 Å². The third kappa shape index (κ3) is 3.65. The van der Waals surface area contributed by atoms with Crippen LogP contribution in [0, 0.1) is 5.92 Å². The smallest absolute Gasteiger partial charge is 0.161 e. The zero-order valence-corrected chi connectivity index (χ0v) is 11.0. The predicted molar refractivity (Wildman–Crippen MR) is 72.1 cm³/mol. The van der Waals surface area contributed by atoms with Crippen LogP contribution in [0.2, 0.25) is 0 Å². The van der Waals surface area contributed by atoms with Gasteiger partial charge < -0.3 is 10.2 Å². The van der Waals surface area contributed by atoms with Gasteiger partial charge in [-0.05, 0) is 37.7 Å². The molecular weight excluding hydrogens is 228 g/mol. The Morgan fingerprint density at radius 1 is 1.17 bits per heavy atom. The van der Waals surface area contributed by atoms with E-state index in [9.17, 15) is 15.0 Å². The maximum absolute atomic E-state index is 11.8. The molecule has 0 radical (unpaired) electrons. The van der Waals surface area contributed by atoms with Gasteiger partial charge in [-0.2, -0.15) is 0 Å². The molecule has 0 aromatic heterocycles. The van der Waals surface area contributed by atoms with Crippen molar-refractivity contribution in [2.75, 3.05) is 0 Å². The van der Waals surface area contributed by atoms with E-state index < -0.39 is 12.2 Å². The molecule has 1 aliphatic carbocycles. The van der Waals surface area contributed by atoms with E-state index in [1.807, 2.05) is 6.92 Å². The van der Waals surface area contributed by atoms with Crippen molar-refractivity contribution in [1.82, 2.24) is 0 Å². The average Bonchev–Trinajstić information content (AvgIpc) is 2.31. The molecule has 0 aromatic rings. The molecule has 2 N–H and O–H groups in total. The van der Waals surface area contributed by atoms with Gasteiger partial charge in [0.1, 0.15) is 0 Å². The monoisotopic (exact) mass is 250 g/mol. The summed E-state index contributed by atoms with van der Waals surface area (Å²) in [5, 5.41) is 20.0. The van der Waals surface area contributed by atoms with Crippen LogP contribution in [-0.4, -0.2) is 28.2 Å². The number of aliphatic hydroxyl groups excluding tert-OH is 2. The largest absolute Gasteiger partial charge is 0.389 e. The Bertz CT molecular complexity index is 381. The van der Waals surface area contributed by atoms with Crippen molar-refractivity contribution >= 4 is 5.78 Å². The van der Waals surface area contributed by atoms with E-state index in [0.717, 1.165) is 5.57 Å². The van der Waals surface area contributed by atoms with Gasteiger partial charge in [-0.3, -0.25) is 4.79 Å². The highest BCUT2D eigenvalue weighted by Gasteiger charge is 2.26. The molecule has 3 atom stereocenters. The van der Waals surface area contributed by atoms with Gasteiger partial charge in [-0.15, -0.1) is 0 Å². The molecule has 0 saturated heterocycles. The molecule has 1 saturated carbocycles. The van der Waals surface area contributed by atoms with Gasteiger partial charge in [-0.1, -0.05) is 25.3 Å². The van der Waals surface area contributed by atoms with E-state index in [-0.39, 0.29) is 23.7 Å². The van der Waals surface area contributed by atoms with Crippen LogP contribution in [0.1, 0.15) is 32.6 Å². The minimum Gasteiger partial charge on any atom is -0.389 e. The Labute approximate surface area is 109 Å². The molecule has 100 valence electrons. The highest BCUT2D eigenvalue weighted by Crippen LogP contribution is 2.28. The topological polar surface area (TPSA) is 57.5 Å². The van der Waals surface area contributed by atoms with Crippen LogP contribution in [0.3, 0.4) is 0 Å². The zero-order valence-electron chi connectivity index (χ0n) is 11.0. The molecule has 0 unspecified atom stereocenters. The van der Waals surface area contributed by atoms with Crippen LogP contribution in [0.5, 0.6) is 0 Å². The quantitative estimate of drug-likeness (QED) is 0.554. The van der Waals surface area contributed by atoms with Crippen molar-refractivity contribution in [2.45, 2.75) is 44.8 Å². The predicted octanol–water partition coefficient (Wildman–Crippen LogP) is 2.16. The first-order valence-electron chi connectivity index (χ1n) is 6.24. The van der Waals surface area contributed by atoms with E-state index in [4.69, 9.17) is 0 Å². The third-order valence-electron chi connectivity index (χ3n) is 3.62. The maximum Gasteiger partial charge on any atom is 0.161 e. The summed E-state index contributed by atoms with van der Waals surface area (Å²) in [7, 11) is 0. The Morgan fingerprint density at radius 2 is 1.72 bits per heavy atom. The highest BCUT2D eigenvalue weighted by atomic mass is 16.3. The Kier molecular flexibility index (Phi) is 5.05. The molecule has 0 spiro atoms. The molecule has 0 aliphatic heterocycles. The number of aliphatic hydroxyl groups is 2.